The van der Waals surface area contributed by atoms with Crippen LogP contribution >= 0.6 is 23.1 Å². The Labute approximate surface area is 148 Å². The number of pyridine rings is 1. The van der Waals surface area contributed by atoms with Crippen LogP contribution in [0.2, 0.25) is 0 Å². The standard InChI is InChI=1S/C17H16N2O3S2/c1-21-13-6-7-14(15(9-13)22-2)17-18-12(11-24-17)10-23-16-5-3-4-8-19(16)20/h3-9,11H,10H2,1-2H3. The topological polar surface area (TPSA) is 58.3 Å². The van der Waals surface area contributed by atoms with Crippen LogP contribution in [0.1, 0.15) is 5.69 Å². The summed E-state index contributed by atoms with van der Waals surface area (Å²) >= 11 is 3.02. The van der Waals surface area contributed by atoms with Gasteiger partial charge in [0.05, 0.1) is 25.5 Å². The summed E-state index contributed by atoms with van der Waals surface area (Å²) in [5.41, 5.74) is 1.86. The molecule has 5 nitrogen and oxygen atoms in total. The van der Waals surface area contributed by atoms with Gasteiger partial charge in [0.2, 0.25) is 0 Å². The second-order valence-corrected chi connectivity index (χ2v) is 6.72. The van der Waals surface area contributed by atoms with E-state index in [1.54, 1.807) is 37.7 Å². The number of nitrogens with zero attached hydrogens (tertiary/aromatic N) is 2. The Morgan fingerprint density at radius 3 is 2.83 bits per heavy atom. The minimum absolute atomic E-state index is 0.640. The molecule has 0 aliphatic rings. The van der Waals surface area contributed by atoms with Crippen LogP contribution in [0.15, 0.2) is 53.0 Å². The van der Waals surface area contributed by atoms with Gasteiger partial charge in [0.25, 0.3) is 5.03 Å². The van der Waals surface area contributed by atoms with Crippen LogP contribution < -0.4 is 14.2 Å². The molecule has 124 valence electrons. The maximum absolute atomic E-state index is 11.7. The van der Waals surface area contributed by atoms with E-state index in [2.05, 4.69) is 4.98 Å². The first-order chi connectivity index (χ1) is 11.7. The number of ether oxygens (including phenoxy) is 2. The Kier molecular flexibility index (Phi) is 5.22. The molecule has 0 radical (unpaired) electrons. The van der Waals surface area contributed by atoms with Gasteiger partial charge in [-0.25, -0.2) is 4.98 Å². The van der Waals surface area contributed by atoms with E-state index >= 15 is 0 Å². The molecule has 24 heavy (non-hydrogen) atoms. The molecule has 0 saturated heterocycles. The lowest BCUT2D eigenvalue weighted by atomic mass is 10.2. The summed E-state index contributed by atoms with van der Waals surface area (Å²) in [5, 5.41) is 15.2. The third kappa shape index (κ3) is 3.63. The largest absolute Gasteiger partial charge is 0.618 e. The summed E-state index contributed by atoms with van der Waals surface area (Å²) in [4.78, 5) is 4.65. The lowest BCUT2D eigenvalue weighted by molar-refractivity contribution is -0.645. The smallest absolute Gasteiger partial charge is 0.251 e. The third-order valence-corrected chi connectivity index (χ3v) is 5.32. The number of methoxy groups -OCH3 is 2. The molecule has 3 aromatic rings. The summed E-state index contributed by atoms with van der Waals surface area (Å²) in [6, 6.07) is 11.0. The zero-order valence-electron chi connectivity index (χ0n) is 13.3. The molecular formula is C17H16N2O3S2. The van der Waals surface area contributed by atoms with E-state index in [4.69, 9.17) is 9.47 Å². The van der Waals surface area contributed by atoms with Crippen molar-refractivity contribution in [3.8, 4) is 22.1 Å². The Morgan fingerprint density at radius 1 is 1.21 bits per heavy atom. The predicted octanol–water partition coefficient (Wildman–Crippen LogP) is 3.75. The number of benzene rings is 1. The molecule has 2 aromatic heterocycles. The molecular weight excluding hydrogens is 344 g/mol. The molecule has 1 aromatic carbocycles. The van der Waals surface area contributed by atoms with E-state index in [1.165, 1.54) is 18.0 Å². The molecule has 0 bridgehead atoms. The highest BCUT2D eigenvalue weighted by Crippen LogP contribution is 2.35. The van der Waals surface area contributed by atoms with Crippen molar-refractivity contribution in [3.63, 3.8) is 0 Å². The van der Waals surface area contributed by atoms with Crippen molar-refractivity contribution >= 4 is 23.1 Å². The molecule has 0 amide bonds. The van der Waals surface area contributed by atoms with E-state index in [0.717, 1.165) is 32.5 Å². The molecule has 0 fully saturated rings. The van der Waals surface area contributed by atoms with Crippen molar-refractivity contribution in [2.45, 2.75) is 10.8 Å². The first kappa shape index (κ1) is 16.6. The molecule has 0 atom stereocenters. The monoisotopic (exact) mass is 360 g/mol. The van der Waals surface area contributed by atoms with Crippen LogP contribution in [0.5, 0.6) is 11.5 Å². The summed E-state index contributed by atoms with van der Waals surface area (Å²) < 4.78 is 11.5. The molecule has 0 aliphatic heterocycles. The van der Waals surface area contributed by atoms with E-state index in [0.29, 0.717) is 10.8 Å². The van der Waals surface area contributed by atoms with Gasteiger partial charge in [0.15, 0.2) is 6.20 Å². The van der Waals surface area contributed by atoms with Gasteiger partial charge in [-0.05, 0) is 30.0 Å². The van der Waals surface area contributed by atoms with Crippen molar-refractivity contribution in [2.24, 2.45) is 0 Å². The first-order valence-electron chi connectivity index (χ1n) is 7.19. The minimum Gasteiger partial charge on any atom is -0.618 e. The van der Waals surface area contributed by atoms with Crippen LogP contribution in [-0.2, 0) is 5.75 Å². The maximum Gasteiger partial charge on any atom is 0.251 e. The van der Waals surface area contributed by atoms with Gasteiger partial charge in [0, 0.05) is 29.3 Å². The number of thiazole rings is 1. The molecule has 3 rings (SSSR count). The van der Waals surface area contributed by atoms with Crippen LogP contribution in [0.3, 0.4) is 0 Å². The van der Waals surface area contributed by atoms with E-state index in [9.17, 15) is 5.21 Å². The van der Waals surface area contributed by atoms with Gasteiger partial charge >= 0.3 is 0 Å². The predicted molar refractivity (Wildman–Crippen MR) is 95.6 cm³/mol. The Hall–Kier alpha value is -2.25. The summed E-state index contributed by atoms with van der Waals surface area (Å²) in [6.45, 7) is 0. The molecule has 7 heteroatoms. The lowest BCUT2D eigenvalue weighted by Crippen LogP contribution is -2.27. The van der Waals surface area contributed by atoms with E-state index < -0.39 is 0 Å². The van der Waals surface area contributed by atoms with Crippen LogP contribution in [-0.4, -0.2) is 19.2 Å². The molecule has 0 N–H and O–H groups in total. The number of rotatable bonds is 6. The molecule has 0 spiro atoms. The summed E-state index contributed by atoms with van der Waals surface area (Å²) in [7, 11) is 3.25. The zero-order valence-corrected chi connectivity index (χ0v) is 14.9. The number of aromatic nitrogens is 2. The average molecular weight is 360 g/mol. The highest BCUT2D eigenvalue weighted by Gasteiger charge is 2.13. The van der Waals surface area contributed by atoms with E-state index in [1.807, 2.05) is 29.6 Å². The number of hydrogen-bond donors (Lipinski definition) is 0. The molecule has 2 heterocycles. The summed E-state index contributed by atoms with van der Waals surface area (Å²) in [6.07, 6.45) is 1.50. The molecule has 0 aliphatic carbocycles. The van der Waals surface area contributed by atoms with E-state index in [-0.39, 0.29) is 0 Å². The normalized spacial score (nSPS) is 10.6. The van der Waals surface area contributed by atoms with Gasteiger partial charge in [-0.15, -0.1) is 11.3 Å². The van der Waals surface area contributed by atoms with Crippen molar-refractivity contribution in [1.82, 2.24) is 4.98 Å². The van der Waals surface area contributed by atoms with Gasteiger partial charge in [-0.3, -0.25) is 0 Å². The molecule has 0 saturated carbocycles. The third-order valence-electron chi connectivity index (χ3n) is 3.35. The van der Waals surface area contributed by atoms with Crippen molar-refractivity contribution in [3.05, 3.63) is 58.9 Å². The Morgan fingerprint density at radius 2 is 2.08 bits per heavy atom. The molecule has 0 unspecified atom stereocenters. The SMILES string of the molecule is COc1ccc(-c2nc(CSc3cccc[n+]3[O-])cs2)c(OC)c1. The first-order valence-corrected chi connectivity index (χ1v) is 9.05. The maximum atomic E-state index is 11.7. The highest BCUT2D eigenvalue weighted by molar-refractivity contribution is 7.98. The van der Waals surface area contributed by atoms with Gasteiger partial charge in [0.1, 0.15) is 16.5 Å². The number of hydrogen-bond acceptors (Lipinski definition) is 6. The average Bonchev–Trinajstić information content (AvgIpc) is 3.09. The highest BCUT2D eigenvalue weighted by atomic mass is 32.2. The lowest BCUT2D eigenvalue weighted by Gasteiger charge is -2.08. The van der Waals surface area contributed by atoms with Gasteiger partial charge < -0.3 is 14.7 Å². The van der Waals surface area contributed by atoms with Gasteiger partial charge in [-0.1, -0.05) is 0 Å². The van der Waals surface area contributed by atoms with Crippen molar-refractivity contribution in [1.29, 1.82) is 0 Å². The van der Waals surface area contributed by atoms with Gasteiger partial charge in [-0.2, -0.15) is 4.73 Å². The Balaban J connectivity index is 1.77. The second-order valence-electron chi connectivity index (χ2n) is 4.86. The van der Waals surface area contributed by atoms with Crippen LogP contribution in [0.25, 0.3) is 10.6 Å². The van der Waals surface area contributed by atoms with Crippen LogP contribution in [0, 0.1) is 5.21 Å². The quantitative estimate of drug-likeness (QED) is 0.381. The zero-order chi connectivity index (χ0) is 16.9. The van der Waals surface area contributed by atoms with Crippen molar-refractivity contribution in [2.75, 3.05) is 14.2 Å². The second kappa shape index (κ2) is 7.55. The minimum atomic E-state index is 0.640. The number of thioether (sulfide) groups is 1. The fourth-order valence-electron chi connectivity index (χ4n) is 2.14. The fraction of sp³-hybridized carbons (Fsp3) is 0.176. The van der Waals surface area contributed by atoms with Crippen LogP contribution in [0.4, 0.5) is 0 Å². The summed E-state index contributed by atoms with van der Waals surface area (Å²) in [5.74, 6) is 2.11. The Bertz CT molecular complexity index is 836. The van der Waals surface area contributed by atoms with Crippen molar-refractivity contribution < 1.29 is 14.2 Å². The fourth-order valence-corrected chi connectivity index (χ4v) is 3.91.